The Balaban J connectivity index is 3.43. The van der Waals surface area contributed by atoms with Crippen molar-refractivity contribution >= 4 is 11.7 Å². The van der Waals surface area contributed by atoms with Gasteiger partial charge in [0.05, 0.1) is 12.0 Å². The third kappa shape index (κ3) is 1.63. The third-order valence-electron chi connectivity index (χ3n) is 1.63. The van der Waals surface area contributed by atoms with E-state index in [4.69, 9.17) is 9.84 Å². The predicted octanol–water partition coefficient (Wildman–Crippen LogP) is 1.30. The average molecular weight is 197 g/mol. The molecule has 6 heteroatoms. The molecular weight excluding hydrogens is 190 g/mol. The molecule has 0 heterocycles. The van der Waals surface area contributed by atoms with Gasteiger partial charge >= 0.3 is 11.7 Å². The number of hydrogen-bond acceptors (Lipinski definition) is 4. The van der Waals surface area contributed by atoms with Crippen molar-refractivity contribution in [3.63, 3.8) is 0 Å². The number of carboxylic acids is 1. The van der Waals surface area contributed by atoms with Crippen LogP contribution >= 0.6 is 0 Å². The summed E-state index contributed by atoms with van der Waals surface area (Å²) in [5.41, 5.74) is -0.906. The quantitative estimate of drug-likeness (QED) is 0.582. The normalized spacial score (nSPS) is 9.50. The van der Waals surface area contributed by atoms with Crippen LogP contribution in [0.3, 0.4) is 0 Å². The Bertz CT molecular complexity index is 387. The highest BCUT2D eigenvalue weighted by Gasteiger charge is 2.24. The Hall–Kier alpha value is -2.11. The minimum atomic E-state index is -1.35. The number of methoxy groups -OCH3 is 1. The number of nitrogens with zero attached hydrogens (tertiary/aromatic N) is 1. The number of ether oxygens (including phenoxy) is 1. The number of hydrogen-bond donors (Lipinski definition) is 1. The molecule has 0 bridgehead atoms. The van der Waals surface area contributed by atoms with Gasteiger partial charge in [-0.3, -0.25) is 10.1 Å². The van der Waals surface area contributed by atoms with Gasteiger partial charge in [0.25, 0.3) is 0 Å². The van der Waals surface area contributed by atoms with Crippen LogP contribution in [0.5, 0.6) is 5.75 Å². The lowest BCUT2D eigenvalue weighted by Crippen LogP contribution is -2.04. The van der Waals surface area contributed by atoms with Crippen molar-refractivity contribution in [1.29, 1.82) is 0 Å². The molecule has 0 aliphatic rings. The summed E-state index contributed by atoms with van der Waals surface area (Å²) in [7, 11) is 1.24. The van der Waals surface area contributed by atoms with E-state index in [9.17, 15) is 14.9 Å². The van der Waals surface area contributed by atoms with Crippen LogP contribution in [0.15, 0.2) is 18.2 Å². The number of aromatic carboxylic acids is 1. The lowest BCUT2D eigenvalue weighted by molar-refractivity contribution is -0.386. The molecule has 0 amide bonds. The van der Waals surface area contributed by atoms with Gasteiger partial charge in [0.15, 0.2) is 5.75 Å². The van der Waals surface area contributed by atoms with Gasteiger partial charge in [-0.2, -0.15) is 0 Å². The van der Waals surface area contributed by atoms with E-state index in [0.717, 1.165) is 6.07 Å². The van der Waals surface area contributed by atoms with Crippen LogP contribution in [0.1, 0.15) is 10.4 Å². The molecule has 1 N–H and O–H groups in total. The highest BCUT2D eigenvalue weighted by atomic mass is 16.6. The van der Waals surface area contributed by atoms with Gasteiger partial charge in [0.1, 0.15) is 5.56 Å². The highest BCUT2D eigenvalue weighted by Crippen LogP contribution is 2.30. The third-order valence-corrected chi connectivity index (χ3v) is 1.63. The standard InChI is InChI=1S/C8H7NO5/c1-14-6-4-2-3-5(8(10)11)7(6)9(12)13/h2-4H,1H3,(H,10,11). The van der Waals surface area contributed by atoms with E-state index >= 15 is 0 Å². The van der Waals surface area contributed by atoms with Crippen LogP contribution in [0.2, 0.25) is 0 Å². The molecule has 0 aliphatic carbocycles. The predicted molar refractivity (Wildman–Crippen MR) is 46.6 cm³/mol. The summed E-state index contributed by atoms with van der Waals surface area (Å²) in [4.78, 5) is 20.4. The molecule has 0 aromatic heterocycles. The fraction of sp³-hybridized carbons (Fsp3) is 0.125. The first kappa shape index (κ1) is 9.97. The van der Waals surface area contributed by atoms with E-state index in [0.29, 0.717) is 0 Å². The number of nitro groups is 1. The minimum Gasteiger partial charge on any atom is -0.490 e. The number of benzene rings is 1. The maximum Gasteiger partial charge on any atom is 0.342 e. The molecule has 14 heavy (non-hydrogen) atoms. The van der Waals surface area contributed by atoms with Crippen LogP contribution in [-0.4, -0.2) is 23.1 Å². The number of para-hydroxylation sites is 1. The van der Waals surface area contributed by atoms with Crippen molar-refractivity contribution < 1.29 is 19.6 Å². The second-order valence-corrected chi connectivity index (χ2v) is 2.42. The van der Waals surface area contributed by atoms with Gasteiger partial charge in [0.2, 0.25) is 0 Å². The number of carboxylic acid groups (broad SMARTS) is 1. The van der Waals surface area contributed by atoms with Gasteiger partial charge < -0.3 is 9.84 Å². The molecule has 0 fully saturated rings. The zero-order valence-electron chi connectivity index (χ0n) is 7.26. The second kappa shape index (κ2) is 3.73. The molecule has 0 atom stereocenters. The summed E-state index contributed by atoms with van der Waals surface area (Å²) < 4.78 is 4.69. The molecular formula is C8H7NO5. The summed E-state index contributed by atoms with van der Waals surface area (Å²) in [5.74, 6) is -1.41. The molecule has 1 rings (SSSR count). The van der Waals surface area contributed by atoms with E-state index in [1.54, 1.807) is 0 Å². The Morgan fingerprint density at radius 3 is 2.64 bits per heavy atom. The van der Waals surface area contributed by atoms with Gasteiger partial charge in [-0.15, -0.1) is 0 Å². The fourth-order valence-electron chi connectivity index (χ4n) is 1.05. The monoisotopic (exact) mass is 197 g/mol. The first-order valence-corrected chi connectivity index (χ1v) is 3.62. The first-order valence-electron chi connectivity index (χ1n) is 3.62. The van der Waals surface area contributed by atoms with Crippen LogP contribution in [0.4, 0.5) is 5.69 Å². The molecule has 74 valence electrons. The molecule has 0 saturated heterocycles. The molecule has 0 radical (unpaired) electrons. The van der Waals surface area contributed by atoms with E-state index in [1.165, 1.54) is 19.2 Å². The van der Waals surface area contributed by atoms with Crippen LogP contribution < -0.4 is 4.74 Å². The van der Waals surface area contributed by atoms with E-state index in [1.807, 2.05) is 0 Å². The van der Waals surface area contributed by atoms with Crippen molar-refractivity contribution in [3.8, 4) is 5.75 Å². The Morgan fingerprint density at radius 2 is 2.21 bits per heavy atom. The van der Waals surface area contributed by atoms with Crippen LogP contribution in [-0.2, 0) is 0 Å². The number of nitro benzene ring substituents is 1. The maximum absolute atomic E-state index is 10.6. The minimum absolute atomic E-state index is 0.0603. The van der Waals surface area contributed by atoms with Crippen molar-refractivity contribution in [1.82, 2.24) is 0 Å². The van der Waals surface area contributed by atoms with E-state index < -0.39 is 16.6 Å². The summed E-state index contributed by atoms with van der Waals surface area (Å²) in [6.45, 7) is 0. The van der Waals surface area contributed by atoms with Crippen molar-refractivity contribution in [2.75, 3.05) is 7.11 Å². The van der Waals surface area contributed by atoms with E-state index in [-0.39, 0.29) is 11.3 Å². The zero-order valence-corrected chi connectivity index (χ0v) is 7.26. The topological polar surface area (TPSA) is 89.7 Å². The molecule has 6 nitrogen and oxygen atoms in total. The summed E-state index contributed by atoms with van der Waals surface area (Å²) in [6, 6.07) is 3.88. The number of rotatable bonds is 3. The lowest BCUT2D eigenvalue weighted by Gasteiger charge is -2.02. The molecule has 1 aromatic carbocycles. The Morgan fingerprint density at radius 1 is 1.57 bits per heavy atom. The molecule has 0 saturated carbocycles. The van der Waals surface area contributed by atoms with Crippen LogP contribution in [0, 0.1) is 10.1 Å². The SMILES string of the molecule is COc1cccc(C(=O)O)c1[N+](=O)[O-]. The summed E-state index contributed by atoms with van der Waals surface area (Å²) in [6.07, 6.45) is 0. The van der Waals surface area contributed by atoms with Crippen molar-refractivity contribution in [2.45, 2.75) is 0 Å². The molecule has 0 spiro atoms. The lowest BCUT2D eigenvalue weighted by atomic mass is 10.1. The van der Waals surface area contributed by atoms with Crippen LogP contribution in [0.25, 0.3) is 0 Å². The molecule has 0 aliphatic heterocycles. The van der Waals surface area contributed by atoms with Crippen molar-refractivity contribution in [3.05, 3.63) is 33.9 Å². The maximum atomic E-state index is 10.6. The first-order chi connectivity index (χ1) is 6.57. The average Bonchev–Trinajstić information content (AvgIpc) is 2.16. The molecule has 0 unspecified atom stereocenters. The van der Waals surface area contributed by atoms with Crippen molar-refractivity contribution in [2.24, 2.45) is 0 Å². The number of carbonyl (C=O) groups is 1. The fourth-order valence-corrected chi connectivity index (χ4v) is 1.05. The Labute approximate surface area is 78.9 Å². The zero-order chi connectivity index (χ0) is 10.7. The summed E-state index contributed by atoms with van der Waals surface area (Å²) >= 11 is 0. The highest BCUT2D eigenvalue weighted by molar-refractivity contribution is 5.93. The second-order valence-electron chi connectivity index (χ2n) is 2.42. The van der Waals surface area contributed by atoms with Gasteiger partial charge in [-0.05, 0) is 12.1 Å². The van der Waals surface area contributed by atoms with E-state index in [2.05, 4.69) is 0 Å². The Kier molecular flexibility index (Phi) is 2.66. The smallest absolute Gasteiger partial charge is 0.342 e. The summed E-state index contributed by atoms with van der Waals surface area (Å²) in [5, 5.41) is 19.2. The van der Waals surface area contributed by atoms with Gasteiger partial charge in [-0.25, -0.2) is 4.79 Å². The largest absolute Gasteiger partial charge is 0.490 e. The molecule has 1 aromatic rings. The van der Waals surface area contributed by atoms with Gasteiger partial charge in [-0.1, -0.05) is 6.07 Å². The van der Waals surface area contributed by atoms with Gasteiger partial charge in [0, 0.05) is 0 Å².